The average molecular weight is 200 g/mol. The Morgan fingerprint density at radius 3 is 2.71 bits per heavy atom. The molecule has 0 aromatic heterocycles. The summed E-state index contributed by atoms with van der Waals surface area (Å²) in [6, 6.07) is 0. The second kappa shape index (κ2) is 4.72. The van der Waals surface area contributed by atoms with Crippen molar-refractivity contribution in [3.63, 3.8) is 0 Å². The Kier molecular flexibility index (Phi) is 3.34. The quantitative estimate of drug-likeness (QED) is 0.582. The monoisotopic (exact) mass is 200 g/mol. The van der Waals surface area contributed by atoms with Crippen molar-refractivity contribution in [2.45, 2.75) is 6.10 Å². The lowest BCUT2D eigenvalue weighted by Crippen LogP contribution is -2.47. The summed E-state index contributed by atoms with van der Waals surface area (Å²) in [6.45, 7) is 5.31. The predicted octanol–water partition coefficient (Wildman–Crippen LogP) is -1.17. The second-order valence-electron chi connectivity index (χ2n) is 3.68. The van der Waals surface area contributed by atoms with Crippen molar-refractivity contribution in [1.29, 1.82) is 0 Å². The van der Waals surface area contributed by atoms with E-state index < -0.39 is 0 Å². The Bertz CT molecular complexity index is 200. The zero-order chi connectivity index (χ0) is 9.80. The average Bonchev–Trinajstić information content (AvgIpc) is 2.13. The first kappa shape index (κ1) is 9.89. The van der Waals surface area contributed by atoms with Gasteiger partial charge in [0.25, 0.3) is 0 Å². The Labute approximate surface area is 83.3 Å². The minimum Gasteiger partial charge on any atom is -0.456 e. The molecule has 0 atom stereocenters. The standard InChI is InChI=1S/C9H16N2O3/c12-9(14-8-6-13-7-8)5-11-3-1-10-2-4-11/h8,10H,1-7H2. The molecular weight excluding hydrogens is 184 g/mol. The molecule has 0 spiro atoms. The van der Waals surface area contributed by atoms with Crippen LogP contribution in [0.3, 0.4) is 0 Å². The molecule has 80 valence electrons. The number of piperazine rings is 1. The van der Waals surface area contributed by atoms with E-state index in [0.29, 0.717) is 19.8 Å². The van der Waals surface area contributed by atoms with Crippen LogP contribution in [0.1, 0.15) is 0 Å². The van der Waals surface area contributed by atoms with Gasteiger partial charge in [0, 0.05) is 26.2 Å². The van der Waals surface area contributed by atoms with E-state index in [1.165, 1.54) is 0 Å². The zero-order valence-corrected chi connectivity index (χ0v) is 8.20. The van der Waals surface area contributed by atoms with Gasteiger partial charge in [-0.2, -0.15) is 0 Å². The number of hydrogen-bond donors (Lipinski definition) is 1. The molecule has 2 aliphatic heterocycles. The van der Waals surface area contributed by atoms with Crippen molar-refractivity contribution in [1.82, 2.24) is 10.2 Å². The van der Waals surface area contributed by atoms with Gasteiger partial charge >= 0.3 is 5.97 Å². The topological polar surface area (TPSA) is 50.8 Å². The third-order valence-corrected chi connectivity index (χ3v) is 2.47. The summed E-state index contributed by atoms with van der Waals surface area (Å²) in [4.78, 5) is 13.5. The molecule has 2 saturated heterocycles. The maximum absolute atomic E-state index is 11.4. The fourth-order valence-corrected chi connectivity index (χ4v) is 1.56. The number of ether oxygens (including phenoxy) is 2. The second-order valence-corrected chi connectivity index (χ2v) is 3.68. The minimum absolute atomic E-state index is 0.00501. The summed E-state index contributed by atoms with van der Waals surface area (Å²) in [6.07, 6.45) is 0.00501. The van der Waals surface area contributed by atoms with E-state index in [9.17, 15) is 4.79 Å². The van der Waals surface area contributed by atoms with Gasteiger partial charge in [0.2, 0.25) is 0 Å². The molecule has 0 unspecified atom stereocenters. The highest BCUT2D eigenvalue weighted by molar-refractivity contribution is 5.72. The van der Waals surface area contributed by atoms with Gasteiger partial charge in [-0.25, -0.2) is 0 Å². The summed E-state index contributed by atoms with van der Waals surface area (Å²) < 4.78 is 10.1. The molecule has 2 heterocycles. The molecule has 2 rings (SSSR count). The highest BCUT2D eigenvalue weighted by Crippen LogP contribution is 2.06. The van der Waals surface area contributed by atoms with Gasteiger partial charge in [-0.05, 0) is 0 Å². The van der Waals surface area contributed by atoms with Crippen LogP contribution in [0, 0.1) is 0 Å². The lowest BCUT2D eigenvalue weighted by molar-refractivity contribution is -0.173. The lowest BCUT2D eigenvalue weighted by atomic mass is 10.3. The van der Waals surface area contributed by atoms with Crippen LogP contribution in [-0.4, -0.2) is 62.9 Å². The summed E-state index contributed by atoms with van der Waals surface area (Å²) in [5.74, 6) is -0.125. The summed E-state index contributed by atoms with van der Waals surface area (Å²) >= 11 is 0. The van der Waals surface area contributed by atoms with E-state index in [1.54, 1.807) is 0 Å². The molecule has 0 radical (unpaired) electrons. The molecule has 0 aliphatic carbocycles. The third-order valence-electron chi connectivity index (χ3n) is 2.47. The van der Waals surface area contributed by atoms with Crippen molar-refractivity contribution in [2.75, 3.05) is 45.9 Å². The van der Waals surface area contributed by atoms with Gasteiger partial charge in [0.15, 0.2) is 0 Å². The van der Waals surface area contributed by atoms with Crippen molar-refractivity contribution < 1.29 is 14.3 Å². The molecule has 0 amide bonds. The molecule has 14 heavy (non-hydrogen) atoms. The van der Waals surface area contributed by atoms with Gasteiger partial charge in [-0.1, -0.05) is 0 Å². The molecule has 0 saturated carbocycles. The fourth-order valence-electron chi connectivity index (χ4n) is 1.56. The normalized spacial score (nSPS) is 24.3. The minimum atomic E-state index is -0.125. The van der Waals surface area contributed by atoms with Crippen LogP contribution in [0.5, 0.6) is 0 Å². The molecule has 2 aliphatic rings. The van der Waals surface area contributed by atoms with Gasteiger partial charge in [0.1, 0.15) is 6.10 Å². The number of nitrogens with one attached hydrogen (secondary N) is 1. The SMILES string of the molecule is O=C(CN1CCNCC1)OC1COC1. The van der Waals surface area contributed by atoms with Crippen LogP contribution in [0.15, 0.2) is 0 Å². The Balaban J connectivity index is 1.64. The van der Waals surface area contributed by atoms with E-state index in [1.807, 2.05) is 0 Å². The molecule has 5 heteroatoms. The fraction of sp³-hybridized carbons (Fsp3) is 0.889. The number of esters is 1. The number of carbonyl (C=O) groups excluding carboxylic acids is 1. The van der Waals surface area contributed by atoms with Crippen molar-refractivity contribution in [3.8, 4) is 0 Å². The zero-order valence-electron chi connectivity index (χ0n) is 8.20. The molecule has 0 aromatic carbocycles. The number of carbonyl (C=O) groups is 1. The molecular formula is C9H16N2O3. The van der Waals surface area contributed by atoms with Crippen LogP contribution in [0.25, 0.3) is 0 Å². The van der Waals surface area contributed by atoms with Crippen LogP contribution >= 0.6 is 0 Å². The number of hydrogen-bond acceptors (Lipinski definition) is 5. The smallest absolute Gasteiger partial charge is 0.320 e. The van der Waals surface area contributed by atoms with Crippen LogP contribution < -0.4 is 5.32 Å². The first-order valence-electron chi connectivity index (χ1n) is 5.05. The Morgan fingerprint density at radius 2 is 2.14 bits per heavy atom. The largest absolute Gasteiger partial charge is 0.456 e. The van der Waals surface area contributed by atoms with Gasteiger partial charge in [0.05, 0.1) is 19.8 Å². The Morgan fingerprint density at radius 1 is 1.43 bits per heavy atom. The van der Waals surface area contributed by atoms with E-state index in [-0.39, 0.29) is 12.1 Å². The maximum atomic E-state index is 11.4. The summed E-state index contributed by atoms with van der Waals surface area (Å²) in [5.41, 5.74) is 0. The molecule has 1 N–H and O–H groups in total. The first-order valence-corrected chi connectivity index (χ1v) is 5.05. The van der Waals surface area contributed by atoms with E-state index >= 15 is 0 Å². The van der Waals surface area contributed by atoms with E-state index in [4.69, 9.17) is 9.47 Å². The van der Waals surface area contributed by atoms with E-state index in [2.05, 4.69) is 10.2 Å². The highest BCUT2D eigenvalue weighted by atomic mass is 16.6. The van der Waals surface area contributed by atoms with Gasteiger partial charge < -0.3 is 14.8 Å². The van der Waals surface area contributed by atoms with Gasteiger partial charge in [-0.3, -0.25) is 9.69 Å². The van der Waals surface area contributed by atoms with Crippen LogP contribution in [-0.2, 0) is 14.3 Å². The van der Waals surface area contributed by atoms with Crippen molar-refractivity contribution in [3.05, 3.63) is 0 Å². The summed E-state index contributed by atoms with van der Waals surface area (Å²) in [5, 5.41) is 3.24. The van der Waals surface area contributed by atoms with Crippen molar-refractivity contribution in [2.24, 2.45) is 0 Å². The number of rotatable bonds is 3. The van der Waals surface area contributed by atoms with Crippen LogP contribution in [0.2, 0.25) is 0 Å². The van der Waals surface area contributed by atoms with Gasteiger partial charge in [-0.15, -0.1) is 0 Å². The molecule has 0 aromatic rings. The predicted molar refractivity (Wildman–Crippen MR) is 50.0 cm³/mol. The number of nitrogens with zero attached hydrogens (tertiary/aromatic N) is 1. The van der Waals surface area contributed by atoms with E-state index in [0.717, 1.165) is 26.2 Å². The first-order chi connectivity index (χ1) is 6.84. The Hall–Kier alpha value is -0.650. The third kappa shape index (κ3) is 2.67. The highest BCUT2D eigenvalue weighted by Gasteiger charge is 2.23. The lowest BCUT2D eigenvalue weighted by Gasteiger charge is -2.29. The molecule has 5 nitrogen and oxygen atoms in total. The summed E-state index contributed by atoms with van der Waals surface area (Å²) in [7, 11) is 0. The maximum Gasteiger partial charge on any atom is 0.320 e. The molecule has 2 fully saturated rings. The van der Waals surface area contributed by atoms with Crippen molar-refractivity contribution >= 4 is 5.97 Å². The van der Waals surface area contributed by atoms with Crippen LogP contribution in [0.4, 0.5) is 0 Å². The molecule has 0 bridgehead atoms.